The summed E-state index contributed by atoms with van der Waals surface area (Å²) in [6.45, 7) is 1.94. The van der Waals surface area contributed by atoms with Crippen LogP contribution in [0.3, 0.4) is 0 Å². The van der Waals surface area contributed by atoms with Gasteiger partial charge in [0.05, 0.1) is 0 Å². The number of oxazole rings is 1. The summed E-state index contributed by atoms with van der Waals surface area (Å²) in [5.41, 5.74) is 5.61. The number of para-hydroxylation sites is 2. The highest BCUT2D eigenvalue weighted by atomic mass is 35.5. The molecule has 1 aromatic heterocycles. The summed E-state index contributed by atoms with van der Waals surface area (Å²) >= 11 is 0. The number of hydrogen-bond acceptors (Lipinski definition) is 4. The SMILES string of the molecule is CCC[C@](N)(O)c1nc2ccccc2o1.Cl. The van der Waals surface area contributed by atoms with Gasteiger partial charge in [0.2, 0.25) is 5.89 Å². The maximum absolute atomic E-state index is 9.91. The van der Waals surface area contributed by atoms with Crippen LogP contribution in [0.5, 0.6) is 0 Å². The summed E-state index contributed by atoms with van der Waals surface area (Å²) in [5, 5.41) is 9.91. The first-order valence-corrected chi connectivity index (χ1v) is 5.01. The van der Waals surface area contributed by atoms with Crippen LogP contribution in [-0.4, -0.2) is 10.1 Å². The molecule has 0 aliphatic heterocycles. The minimum atomic E-state index is -1.46. The standard InChI is InChI=1S/C11H14N2O2.ClH/c1-2-7-11(12,14)10-13-8-5-3-4-6-9(8)15-10;/h3-6,14H,2,7,12H2,1H3;1H/t11-;/m0./s1. The molecule has 16 heavy (non-hydrogen) atoms. The summed E-state index contributed by atoms with van der Waals surface area (Å²) in [4.78, 5) is 4.16. The Labute approximate surface area is 99.9 Å². The molecule has 0 aliphatic rings. The van der Waals surface area contributed by atoms with Gasteiger partial charge >= 0.3 is 0 Å². The summed E-state index contributed by atoms with van der Waals surface area (Å²) in [7, 11) is 0. The molecule has 1 heterocycles. The highest BCUT2D eigenvalue weighted by Gasteiger charge is 2.28. The molecule has 1 atom stereocenters. The average Bonchev–Trinajstić information content (AvgIpc) is 2.61. The molecule has 0 bridgehead atoms. The molecule has 4 nitrogen and oxygen atoms in total. The van der Waals surface area contributed by atoms with Crippen molar-refractivity contribution in [3.8, 4) is 0 Å². The predicted octanol–water partition coefficient (Wildman–Crippen LogP) is 2.15. The van der Waals surface area contributed by atoms with Crippen molar-refractivity contribution in [2.45, 2.75) is 25.5 Å². The van der Waals surface area contributed by atoms with Crippen molar-refractivity contribution >= 4 is 23.5 Å². The molecule has 0 radical (unpaired) electrons. The second-order valence-electron chi connectivity index (χ2n) is 3.66. The average molecular weight is 243 g/mol. The van der Waals surface area contributed by atoms with Gasteiger partial charge in [0, 0.05) is 0 Å². The number of aromatic nitrogens is 1. The maximum Gasteiger partial charge on any atom is 0.242 e. The van der Waals surface area contributed by atoms with Gasteiger partial charge in [-0.3, -0.25) is 5.73 Å². The summed E-state index contributed by atoms with van der Waals surface area (Å²) in [5.74, 6) is 0.186. The topological polar surface area (TPSA) is 72.3 Å². The van der Waals surface area contributed by atoms with E-state index in [0.717, 1.165) is 6.42 Å². The van der Waals surface area contributed by atoms with Crippen LogP contribution in [0, 0.1) is 0 Å². The largest absolute Gasteiger partial charge is 0.436 e. The van der Waals surface area contributed by atoms with E-state index in [-0.39, 0.29) is 18.3 Å². The van der Waals surface area contributed by atoms with Gasteiger partial charge in [0.25, 0.3) is 0 Å². The Balaban J connectivity index is 0.00000128. The first kappa shape index (κ1) is 13.0. The molecule has 0 spiro atoms. The lowest BCUT2D eigenvalue weighted by Gasteiger charge is -2.17. The van der Waals surface area contributed by atoms with Crippen LogP contribution in [0.1, 0.15) is 25.7 Å². The van der Waals surface area contributed by atoms with Crippen molar-refractivity contribution in [3.05, 3.63) is 30.2 Å². The molecule has 0 fully saturated rings. The molecule has 0 aliphatic carbocycles. The van der Waals surface area contributed by atoms with E-state index in [1.165, 1.54) is 0 Å². The lowest BCUT2D eigenvalue weighted by atomic mass is 10.1. The molecule has 1 aromatic carbocycles. The van der Waals surface area contributed by atoms with Gasteiger partial charge in [-0.1, -0.05) is 25.5 Å². The van der Waals surface area contributed by atoms with Crippen LogP contribution < -0.4 is 5.73 Å². The number of benzene rings is 1. The van der Waals surface area contributed by atoms with Crippen molar-refractivity contribution in [1.82, 2.24) is 4.98 Å². The quantitative estimate of drug-likeness (QED) is 0.809. The number of aliphatic hydroxyl groups is 1. The van der Waals surface area contributed by atoms with E-state index < -0.39 is 5.72 Å². The Kier molecular flexibility index (Phi) is 3.91. The van der Waals surface area contributed by atoms with E-state index in [4.69, 9.17) is 10.2 Å². The van der Waals surface area contributed by atoms with E-state index in [0.29, 0.717) is 17.5 Å². The monoisotopic (exact) mass is 242 g/mol. The van der Waals surface area contributed by atoms with Crippen molar-refractivity contribution in [2.75, 3.05) is 0 Å². The first-order valence-electron chi connectivity index (χ1n) is 5.01. The molecule has 88 valence electrons. The van der Waals surface area contributed by atoms with Crippen LogP contribution in [0.2, 0.25) is 0 Å². The highest BCUT2D eigenvalue weighted by molar-refractivity contribution is 5.85. The number of halogens is 1. The van der Waals surface area contributed by atoms with Crippen LogP contribution in [0.25, 0.3) is 11.1 Å². The molecular formula is C11H15ClN2O2. The number of rotatable bonds is 3. The minimum Gasteiger partial charge on any atom is -0.436 e. The fourth-order valence-corrected chi connectivity index (χ4v) is 1.55. The van der Waals surface area contributed by atoms with Crippen molar-refractivity contribution in [3.63, 3.8) is 0 Å². The fraction of sp³-hybridized carbons (Fsp3) is 0.364. The van der Waals surface area contributed by atoms with Gasteiger partial charge in [-0.05, 0) is 18.6 Å². The number of fused-ring (bicyclic) bond motifs is 1. The third-order valence-corrected chi connectivity index (χ3v) is 2.30. The van der Waals surface area contributed by atoms with Gasteiger partial charge < -0.3 is 9.52 Å². The van der Waals surface area contributed by atoms with E-state index in [2.05, 4.69) is 4.98 Å². The number of hydrogen-bond donors (Lipinski definition) is 2. The number of nitrogens with two attached hydrogens (primary N) is 1. The smallest absolute Gasteiger partial charge is 0.242 e. The molecular weight excluding hydrogens is 228 g/mol. The molecule has 0 saturated heterocycles. The highest BCUT2D eigenvalue weighted by Crippen LogP contribution is 2.24. The Morgan fingerprint density at radius 2 is 2.12 bits per heavy atom. The summed E-state index contributed by atoms with van der Waals surface area (Å²) in [6, 6.07) is 7.34. The second kappa shape index (κ2) is 4.82. The Bertz CT molecular complexity index is 435. The Morgan fingerprint density at radius 1 is 1.44 bits per heavy atom. The summed E-state index contributed by atoms with van der Waals surface area (Å²) in [6.07, 6.45) is 1.20. The van der Waals surface area contributed by atoms with E-state index in [1.807, 2.05) is 25.1 Å². The van der Waals surface area contributed by atoms with Gasteiger partial charge in [0.15, 0.2) is 11.3 Å². The molecule has 2 aromatic rings. The Hall–Kier alpha value is -1.10. The van der Waals surface area contributed by atoms with E-state index in [1.54, 1.807) is 6.07 Å². The van der Waals surface area contributed by atoms with Crippen LogP contribution in [0.4, 0.5) is 0 Å². The zero-order valence-electron chi connectivity index (χ0n) is 9.01. The third-order valence-electron chi connectivity index (χ3n) is 2.30. The van der Waals surface area contributed by atoms with Gasteiger partial charge in [0.1, 0.15) is 5.52 Å². The third kappa shape index (κ3) is 2.35. The lowest BCUT2D eigenvalue weighted by molar-refractivity contribution is 0.00787. The van der Waals surface area contributed by atoms with Crippen LogP contribution >= 0.6 is 12.4 Å². The van der Waals surface area contributed by atoms with E-state index in [9.17, 15) is 5.11 Å². The summed E-state index contributed by atoms with van der Waals surface area (Å²) < 4.78 is 5.40. The molecule has 0 amide bonds. The maximum atomic E-state index is 9.91. The zero-order chi connectivity index (χ0) is 10.9. The van der Waals surface area contributed by atoms with Crippen molar-refractivity contribution in [1.29, 1.82) is 0 Å². The lowest BCUT2D eigenvalue weighted by Crippen LogP contribution is -2.36. The first-order chi connectivity index (χ1) is 7.13. The van der Waals surface area contributed by atoms with E-state index >= 15 is 0 Å². The molecule has 5 heteroatoms. The number of nitrogens with zero attached hydrogens (tertiary/aromatic N) is 1. The van der Waals surface area contributed by atoms with Gasteiger partial charge in [-0.25, -0.2) is 4.98 Å². The second-order valence-corrected chi connectivity index (χ2v) is 3.66. The Morgan fingerprint density at radius 3 is 2.75 bits per heavy atom. The van der Waals surface area contributed by atoms with Crippen LogP contribution in [0.15, 0.2) is 28.7 Å². The molecule has 3 N–H and O–H groups in total. The molecule has 0 unspecified atom stereocenters. The van der Waals surface area contributed by atoms with Crippen molar-refractivity contribution in [2.24, 2.45) is 5.73 Å². The van der Waals surface area contributed by atoms with Crippen molar-refractivity contribution < 1.29 is 9.52 Å². The minimum absolute atomic E-state index is 0. The van der Waals surface area contributed by atoms with Gasteiger partial charge in [-0.2, -0.15) is 0 Å². The predicted molar refractivity (Wildman–Crippen MR) is 64.2 cm³/mol. The van der Waals surface area contributed by atoms with Crippen LogP contribution in [-0.2, 0) is 5.72 Å². The van der Waals surface area contributed by atoms with Gasteiger partial charge in [-0.15, -0.1) is 12.4 Å². The zero-order valence-corrected chi connectivity index (χ0v) is 9.83. The molecule has 2 rings (SSSR count). The normalized spacial score (nSPS) is 14.4. The fourth-order valence-electron chi connectivity index (χ4n) is 1.55. The molecule has 0 saturated carbocycles.